The van der Waals surface area contributed by atoms with Crippen molar-refractivity contribution in [1.82, 2.24) is 19.7 Å². The molecule has 3 aromatic heterocycles. The maximum atomic E-state index is 12.6. The number of nitrogens with zero attached hydrogens (tertiary/aromatic N) is 7. The van der Waals surface area contributed by atoms with E-state index in [2.05, 4.69) is 25.3 Å². The number of pyridine rings is 1. The largest absolute Gasteiger partial charge is 0.278 e. The van der Waals surface area contributed by atoms with Gasteiger partial charge in [0.1, 0.15) is 5.69 Å². The number of non-ortho nitro benzene ring substituents is 1. The van der Waals surface area contributed by atoms with Crippen LogP contribution in [0.4, 0.5) is 16.5 Å². The summed E-state index contributed by atoms with van der Waals surface area (Å²) in [7, 11) is 0. The molecule has 4 aromatic rings. The monoisotopic (exact) mass is 407 g/mol. The van der Waals surface area contributed by atoms with E-state index >= 15 is 0 Å². The third-order valence-corrected chi connectivity index (χ3v) is 5.08. The average molecular weight is 407 g/mol. The molecule has 4 rings (SSSR count). The van der Waals surface area contributed by atoms with Gasteiger partial charge in [-0.3, -0.25) is 19.9 Å². The maximum Gasteiger partial charge on any atom is 0.278 e. The molecule has 10 nitrogen and oxygen atoms in total. The van der Waals surface area contributed by atoms with Crippen LogP contribution in [0.25, 0.3) is 10.2 Å². The number of carbonyl (C=O) groups is 1. The van der Waals surface area contributed by atoms with E-state index in [0.717, 1.165) is 0 Å². The third kappa shape index (κ3) is 3.50. The van der Waals surface area contributed by atoms with Crippen LogP contribution < -0.4 is 0 Å². The van der Waals surface area contributed by atoms with Gasteiger partial charge in [-0.05, 0) is 32.0 Å². The second-order valence-corrected chi connectivity index (χ2v) is 7.09. The van der Waals surface area contributed by atoms with E-state index in [1.54, 1.807) is 32.0 Å². The minimum atomic E-state index is -0.457. The molecule has 3 heterocycles. The van der Waals surface area contributed by atoms with Gasteiger partial charge in [-0.25, -0.2) is 4.98 Å². The first-order chi connectivity index (χ1) is 13.9. The lowest BCUT2D eigenvalue weighted by Crippen LogP contribution is -2.15. The number of rotatable bonds is 4. The molecule has 0 saturated heterocycles. The first kappa shape index (κ1) is 18.5. The van der Waals surface area contributed by atoms with E-state index in [1.165, 1.54) is 40.5 Å². The molecule has 1 aromatic carbocycles. The van der Waals surface area contributed by atoms with E-state index < -0.39 is 4.92 Å². The normalized spacial score (nSPS) is 11.4. The van der Waals surface area contributed by atoms with Crippen molar-refractivity contribution in [1.29, 1.82) is 0 Å². The fraction of sp³-hybridized carbons (Fsp3) is 0.111. The van der Waals surface area contributed by atoms with E-state index in [1.807, 2.05) is 0 Å². The lowest BCUT2D eigenvalue weighted by Gasteiger charge is -2.02. The summed E-state index contributed by atoms with van der Waals surface area (Å²) < 4.78 is 1.92. The van der Waals surface area contributed by atoms with Gasteiger partial charge in [0.2, 0.25) is 5.13 Å². The highest BCUT2D eigenvalue weighted by Gasteiger charge is 2.18. The molecule has 0 N–H and O–H groups in total. The Morgan fingerprint density at radius 3 is 2.66 bits per heavy atom. The van der Waals surface area contributed by atoms with Crippen LogP contribution in [0.5, 0.6) is 0 Å². The zero-order chi connectivity index (χ0) is 20.5. The second kappa shape index (κ2) is 7.28. The number of benzene rings is 1. The van der Waals surface area contributed by atoms with Gasteiger partial charge >= 0.3 is 0 Å². The number of aromatic nitrogens is 4. The number of aryl methyl sites for hydroxylation is 1. The van der Waals surface area contributed by atoms with E-state index in [9.17, 15) is 14.9 Å². The van der Waals surface area contributed by atoms with Gasteiger partial charge < -0.3 is 0 Å². The number of nitro groups is 1. The van der Waals surface area contributed by atoms with Crippen LogP contribution in [0.3, 0.4) is 0 Å². The van der Waals surface area contributed by atoms with Crippen LogP contribution in [0, 0.1) is 24.0 Å². The lowest BCUT2D eigenvalue weighted by atomic mass is 10.2. The molecule has 0 unspecified atom stereocenters. The van der Waals surface area contributed by atoms with Crippen molar-refractivity contribution in [2.75, 3.05) is 0 Å². The fourth-order valence-corrected chi connectivity index (χ4v) is 3.56. The minimum absolute atomic E-state index is 0.00720. The molecule has 0 aliphatic rings. The summed E-state index contributed by atoms with van der Waals surface area (Å²) in [5.74, 6) is -0.290. The van der Waals surface area contributed by atoms with E-state index in [0.29, 0.717) is 38.0 Å². The number of thiazole rings is 1. The Morgan fingerprint density at radius 2 is 1.93 bits per heavy atom. The van der Waals surface area contributed by atoms with Crippen LogP contribution in [-0.4, -0.2) is 30.6 Å². The number of nitro benzene ring substituents is 1. The molecule has 0 aliphatic carbocycles. The minimum Gasteiger partial charge on any atom is -0.267 e. The van der Waals surface area contributed by atoms with Gasteiger partial charge in [0.05, 0.1) is 26.5 Å². The Hall–Kier alpha value is -3.86. The standard InChI is InChI=1S/C18H13N7O3S/c1-10-16(11(2)24(23-10)17(26)12-5-7-19-8-6-12)21-22-18-20-14-4-3-13(25(27)28)9-15(14)29-18/h3-9H,1-2H3. The van der Waals surface area contributed by atoms with Crippen molar-refractivity contribution in [3.05, 3.63) is 69.8 Å². The van der Waals surface area contributed by atoms with E-state index in [-0.39, 0.29) is 11.6 Å². The SMILES string of the molecule is Cc1nn(C(=O)c2ccncc2)c(C)c1N=Nc1nc2ccc([N+](=O)[O-])cc2s1. The number of hydrogen-bond acceptors (Lipinski definition) is 9. The fourth-order valence-electron chi connectivity index (χ4n) is 2.74. The Kier molecular flexibility index (Phi) is 4.64. The highest BCUT2D eigenvalue weighted by molar-refractivity contribution is 7.21. The number of azo groups is 1. The summed E-state index contributed by atoms with van der Waals surface area (Å²) in [5, 5.41) is 23.9. The zero-order valence-electron chi connectivity index (χ0n) is 15.3. The topological polar surface area (TPSA) is 129 Å². The average Bonchev–Trinajstić information content (AvgIpc) is 3.26. The highest BCUT2D eigenvalue weighted by Crippen LogP contribution is 2.33. The molecular weight excluding hydrogens is 394 g/mol. The molecule has 0 atom stereocenters. The van der Waals surface area contributed by atoms with Crippen molar-refractivity contribution in [3.63, 3.8) is 0 Å². The Morgan fingerprint density at radius 1 is 1.17 bits per heavy atom. The van der Waals surface area contributed by atoms with Crippen LogP contribution >= 0.6 is 11.3 Å². The Bertz CT molecular complexity index is 1280. The number of carbonyl (C=O) groups excluding carboxylic acids is 1. The van der Waals surface area contributed by atoms with Gasteiger partial charge in [0, 0.05) is 30.1 Å². The molecule has 0 radical (unpaired) electrons. The molecule has 144 valence electrons. The molecule has 0 bridgehead atoms. The van der Waals surface area contributed by atoms with Crippen LogP contribution in [0.15, 0.2) is 53.0 Å². The summed E-state index contributed by atoms with van der Waals surface area (Å²) >= 11 is 1.19. The predicted octanol–water partition coefficient (Wildman–Crippen LogP) is 4.52. The number of fused-ring (bicyclic) bond motifs is 1. The van der Waals surface area contributed by atoms with E-state index in [4.69, 9.17) is 0 Å². The smallest absolute Gasteiger partial charge is 0.267 e. The summed E-state index contributed by atoms with van der Waals surface area (Å²) in [6.45, 7) is 3.47. The van der Waals surface area contributed by atoms with Crippen LogP contribution in [0.1, 0.15) is 21.7 Å². The quantitative estimate of drug-likeness (QED) is 0.278. The lowest BCUT2D eigenvalue weighted by molar-refractivity contribution is -0.384. The van der Waals surface area contributed by atoms with Crippen molar-refractivity contribution in [2.24, 2.45) is 10.2 Å². The van der Waals surface area contributed by atoms with Gasteiger partial charge in [0.15, 0.2) is 0 Å². The summed E-state index contributed by atoms with van der Waals surface area (Å²) in [5.41, 5.74) is 2.62. The predicted molar refractivity (Wildman–Crippen MR) is 106 cm³/mol. The summed E-state index contributed by atoms with van der Waals surface area (Å²) in [4.78, 5) is 31.3. The molecule has 29 heavy (non-hydrogen) atoms. The molecular formula is C18H13N7O3S. The second-order valence-electron chi connectivity index (χ2n) is 6.08. The molecule has 0 spiro atoms. The molecule has 0 fully saturated rings. The first-order valence-corrected chi connectivity index (χ1v) is 9.23. The zero-order valence-corrected chi connectivity index (χ0v) is 16.1. The van der Waals surface area contributed by atoms with Gasteiger partial charge in [-0.15, -0.1) is 10.2 Å². The van der Waals surface area contributed by atoms with Crippen LogP contribution in [0.2, 0.25) is 0 Å². The molecule has 0 aliphatic heterocycles. The molecule has 11 heteroatoms. The third-order valence-electron chi connectivity index (χ3n) is 4.18. The Balaban J connectivity index is 1.65. The van der Waals surface area contributed by atoms with Gasteiger partial charge in [0.25, 0.3) is 11.6 Å². The molecule has 0 amide bonds. The highest BCUT2D eigenvalue weighted by atomic mass is 32.1. The van der Waals surface area contributed by atoms with Gasteiger partial charge in [-0.2, -0.15) is 9.78 Å². The van der Waals surface area contributed by atoms with Crippen molar-refractivity contribution < 1.29 is 9.72 Å². The number of hydrogen-bond donors (Lipinski definition) is 0. The summed E-state index contributed by atoms with van der Waals surface area (Å²) in [6, 6.07) is 7.64. The van der Waals surface area contributed by atoms with Crippen LogP contribution in [-0.2, 0) is 0 Å². The Labute approximate surface area is 167 Å². The summed E-state index contributed by atoms with van der Waals surface area (Å²) in [6.07, 6.45) is 3.08. The van der Waals surface area contributed by atoms with Crippen molar-refractivity contribution in [3.8, 4) is 0 Å². The maximum absolute atomic E-state index is 12.6. The van der Waals surface area contributed by atoms with Crippen molar-refractivity contribution >= 4 is 44.0 Å². The first-order valence-electron chi connectivity index (χ1n) is 8.41. The van der Waals surface area contributed by atoms with Gasteiger partial charge in [-0.1, -0.05) is 11.3 Å². The van der Waals surface area contributed by atoms with Crippen molar-refractivity contribution in [2.45, 2.75) is 13.8 Å². The molecule has 0 saturated carbocycles.